The van der Waals surface area contributed by atoms with Crippen molar-refractivity contribution < 1.29 is 19.1 Å². The first-order valence-corrected chi connectivity index (χ1v) is 13.3. The Morgan fingerprint density at radius 3 is 2.41 bits per heavy atom. The van der Waals surface area contributed by atoms with E-state index in [-0.39, 0.29) is 25.0 Å². The normalized spacial score (nSPS) is 14.5. The summed E-state index contributed by atoms with van der Waals surface area (Å²) in [7, 11) is 0. The van der Waals surface area contributed by atoms with Crippen molar-refractivity contribution in [2.75, 3.05) is 19.6 Å². The maximum atomic E-state index is 13.1. The Kier molecular flexibility index (Phi) is 10.1. The van der Waals surface area contributed by atoms with Gasteiger partial charge in [0.15, 0.2) is 0 Å². The number of likely N-dealkylation sites (tertiary alicyclic amines) is 1. The number of amides is 3. The van der Waals surface area contributed by atoms with E-state index >= 15 is 0 Å². The summed E-state index contributed by atoms with van der Waals surface area (Å²) in [6.07, 6.45) is 6.28. The number of carbonyl (C=O) groups is 3. The lowest BCUT2D eigenvalue weighted by molar-refractivity contribution is -0.135. The molecule has 3 aromatic rings. The van der Waals surface area contributed by atoms with Crippen LogP contribution in [0.25, 0.3) is 6.08 Å². The highest BCUT2D eigenvalue weighted by atomic mass is 35.5. The molecule has 0 unspecified atom stereocenters. The molecule has 1 aliphatic heterocycles. The van der Waals surface area contributed by atoms with Gasteiger partial charge in [0.25, 0.3) is 0 Å². The van der Waals surface area contributed by atoms with Crippen LogP contribution in [0.1, 0.15) is 24.1 Å². The number of ether oxygens (including phenoxy) is 1. The average Bonchev–Trinajstić information content (AvgIpc) is 2.96. The lowest BCUT2D eigenvalue weighted by Crippen LogP contribution is -2.51. The van der Waals surface area contributed by atoms with E-state index in [0.717, 1.165) is 11.3 Å². The zero-order valence-corrected chi connectivity index (χ0v) is 22.2. The number of rotatable bonds is 10. The van der Waals surface area contributed by atoms with E-state index in [1.54, 1.807) is 53.6 Å². The molecule has 0 bridgehead atoms. The molecule has 2 aromatic carbocycles. The van der Waals surface area contributed by atoms with Crippen molar-refractivity contribution in [3.63, 3.8) is 0 Å². The van der Waals surface area contributed by atoms with Crippen LogP contribution in [0.2, 0.25) is 5.02 Å². The number of pyridine rings is 1. The maximum absolute atomic E-state index is 13.1. The summed E-state index contributed by atoms with van der Waals surface area (Å²) in [6.45, 7) is 0.948. The Labute approximate surface area is 233 Å². The van der Waals surface area contributed by atoms with Gasteiger partial charge in [-0.15, -0.1) is 0 Å². The number of piperidine rings is 1. The van der Waals surface area contributed by atoms with Gasteiger partial charge in [-0.25, -0.2) is 0 Å². The standard InChI is InChI=1S/C30H31ClN4O4/c31-23-12-9-22(10-13-23)11-14-28(36)34-27(20-24-6-4-5-17-32-24)30(38)33-21-29(37)35-18-15-26(16-19-35)39-25-7-2-1-3-8-25/h1-14,17,26-27H,15-16,18-21H2,(H,33,38)(H,34,36)/t27-/m0/s1. The highest BCUT2D eigenvalue weighted by molar-refractivity contribution is 6.30. The van der Waals surface area contributed by atoms with Crippen molar-refractivity contribution in [2.24, 2.45) is 0 Å². The van der Waals surface area contributed by atoms with E-state index in [1.807, 2.05) is 36.4 Å². The number of hydrogen-bond acceptors (Lipinski definition) is 5. The van der Waals surface area contributed by atoms with Gasteiger partial charge in [0, 0.05) is 55.3 Å². The Bertz CT molecular complexity index is 1260. The van der Waals surface area contributed by atoms with Crippen molar-refractivity contribution in [3.8, 4) is 5.75 Å². The van der Waals surface area contributed by atoms with Crippen LogP contribution in [0, 0.1) is 0 Å². The lowest BCUT2D eigenvalue weighted by atomic mass is 10.1. The number of nitrogens with zero attached hydrogens (tertiary/aromatic N) is 2. The van der Waals surface area contributed by atoms with Crippen LogP contribution in [-0.2, 0) is 20.8 Å². The quantitative estimate of drug-likeness (QED) is 0.378. The molecule has 2 heterocycles. The second-order valence-electron chi connectivity index (χ2n) is 9.20. The largest absolute Gasteiger partial charge is 0.490 e. The van der Waals surface area contributed by atoms with Gasteiger partial charge in [-0.3, -0.25) is 19.4 Å². The predicted molar refractivity (Wildman–Crippen MR) is 150 cm³/mol. The third-order valence-corrected chi connectivity index (χ3v) is 6.58. The van der Waals surface area contributed by atoms with Gasteiger partial charge < -0.3 is 20.3 Å². The Morgan fingerprint density at radius 2 is 1.72 bits per heavy atom. The van der Waals surface area contributed by atoms with E-state index in [9.17, 15) is 14.4 Å². The number of benzene rings is 2. The molecule has 4 rings (SSSR count). The van der Waals surface area contributed by atoms with E-state index < -0.39 is 17.9 Å². The first-order valence-electron chi connectivity index (χ1n) is 12.9. The van der Waals surface area contributed by atoms with Crippen LogP contribution < -0.4 is 15.4 Å². The minimum Gasteiger partial charge on any atom is -0.490 e. The molecule has 0 radical (unpaired) electrons. The Morgan fingerprint density at radius 1 is 1.00 bits per heavy atom. The van der Waals surface area contributed by atoms with Gasteiger partial charge in [-0.1, -0.05) is 48.0 Å². The molecule has 39 heavy (non-hydrogen) atoms. The number of aromatic nitrogens is 1. The molecule has 9 heteroatoms. The predicted octanol–water partition coefficient (Wildman–Crippen LogP) is 3.66. The van der Waals surface area contributed by atoms with Crippen LogP contribution >= 0.6 is 11.6 Å². The van der Waals surface area contributed by atoms with Crippen LogP contribution in [0.4, 0.5) is 0 Å². The van der Waals surface area contributed by atoms with Crippen molar-refractivity contribution in [1.29, 1.82) is 0 Å². The molecule has 0 spiro atoms. The SMILES string of the molecule is O=C(C=Cc1ccc(Cl)cc1)N[C@@H](Cc1ccccn1)C(=O)NCC(=O)N1CCC(Oc2ccccc2)CC1. The molecule has 8 nitrogen and oxygen atoms in total. The summed E-state index contributed by atoms with van der Waals surface area (Å²) in [5, 5.41) is 6.03. The van der Waals surface area contributed by atoms with Crippen molar-refractivity contribution >= 4 is 35.4 Å². The third-order valence-electron chi connectivity index (χ3n) is 6.32. The summed E-state index contributed by atoms with van der Waals surface area (Å²) in [4.78, 5) is 44.5. The third kappa shape index (κ3) is 8.97. The molecule has 202 valence electrons. The van der Waals surface area contributed by atoms with Crippen LogP contribution in [0.5, 0.6) is 5.75 Å². The number of hydrogen-bond donors (Lipinski definition) is 2. The lowest BCUT2D eigenvalue weighted by Gasteiger charge is -2.32. The second-order valence-corrected chi connectivity index (χ2v) is 9.64. The molecule has 3 amide bonds. The Hall–Kier alpha value is -4.17. The average molecular weight is 547 g/mol. The van der Waals surface area contributed by atoms with Crippen molar-refractivity contribution in [2.45, 2.75) is 31.4 Å². The monoisotopic (exact) mass is 546 g/mol. The summed E-state index contributed by atoms with van der Waals surface area (Å²) < 4.78 is 5.99. The Balaban J connectivity index is 1.29. The highest BCUT2D eigenvalue weighted by Crippen LogP contribution is 2.18. The molecule has 0 saturated carbocycles. The van der Waals surface area contributed by atoms with Gasteiger partial charge in [0.1, 0.15) is 17.9 Å². The minimum absolute atomic E-state index is 0.0462. The molecule has 1 saturated heterocycles. The van der Waals surface area contributed by atoms with Gasteiger partial charge in [-0.05, 0) is 48.0 Å². The second kappa shape index (κ2) is 14.1. The van der Waals surface area contributed by atoms with Gasteiger partial charge in [0.2, 0.25) is 17.7 Å². The maximum Gasteiger partial charge on any atom is 0.244 e. The molecule has 1 atom stereocenters. The molecule has 1 aromatic heterocycles. The fraction of sp³-hybridized carbons (Fsp3) is 0.267. The summed E-state index contributed by atoms with van der Waals surface area (Å²) in [5.41, 5.74) is 1.44. The fourth-order valence-electron chi connectivity index (χ4n) is 4.22. The van der Waals surface area contributed by atoms with Crippen LogP contribution in [0.15, 0.2) is 85.1 Å². The van der Waals surface area contributed by atoms with Crippen molar-refractivity contribution in [3.05, 3.63) is 101 Å². The molecule has 0 aliphatic carbocycles. The summed E-state index contributed by atoms with van der Waals surface area (Å²) in [6, 6.07) is 21.1. The molecule has 1 fully saturated rings. The van der Waals surface area contributed by atoms with E-state index in [4.69, 9.17) is 16.3 Å². The number of para-hydroxylation sites is 1. The molecular weight excluding hydrogens is 516 g/mol. The first-order chi connectivity index (χ1) is 19.0. The highest BCUT2D eigenvalue weighted by Gasteiger charge is 2.26. The zero-order valence-electron chi connectivity index (χ0n) is 21.5. The van der Waals surface area contributed by atoms with E-state index in [0.29, 0.717) is 36.6 Å². The van der Waals surface area contributed by atoms with Gasteiger partial charge >= 0.3 is 0 Å². The fourth-order valence-corrected chi connectivity index (χ4v) is 4.34. The molecular formula is C30H31ClN4O4. The number of halogens is 1. The van der Waals surface area contributed by atoms with E-state index in [2.05, 4.69) is 15.6 Å². The smallest absolute Gasteiger partial charge is 0.244 e. The zero-order chi connectivity index (χ0) is 27.5. The number of carbonyl (C=O) groups excluding carboxylic acids is 3. The van der Waals surface area contributed by atoms with Crippen molar-refractivity contribution in [1.82, 2.24) is 20.5 Å². The van der Waals surface area contributed by atoms with Crippen LogP contribution in [-0.4, -0.2) is 59.4 Å². The first kappa shape index (κ1) is 27.9. The topological polar surface area (TPSA) is 101 Å². The van der Waals surface area contributed by atoms with Gasteiger partial charge in [0.05, 0.1) is 6.54 Å². The van der Waals surface area contributed by atoms with Gasteiger partial charge in [-0.2, -0.15) is 0 Å². The molecule has 2 N–H and O–H groups in total. The van der Waals surface area contributed by atoms with Crippen LogP contribution in [0.3, 0.4) is 0 Å². The number of nitrogens with one attached hydrogen (secondary N) is 2. The minimum atomic E-state index is -0.903. The molecule has 1 aliphatic rings. The summed E-state index contributed by atoms with van der Waals surface area (Å²) in [5.74, 6) is -0.247. The van der Waals surface area contributed by atoms with E-state index in [1.165, 1.54) is 6.08 Å². The summed E-state index contributed by atoms with van der Waals surface area (Å²) >= 11 is 5.91.